The number of nitrogens with zero attached hydrogens (tertiary/aromatic N) is 3. The molecule has 6 nitrogen and oxygen atoms in total. The first-order valence-electron chi connectivity index (χ1n) is 9.27. The molecule has 26 heavy (non-hydrogen) atoms. The Morgan fingerprint density at radius 1 is 1.31 bits per heavy atom. The molecule has 6 heteroatoms. The Bertz CT molecular complexity index is 712. The second kappa shape index (κ2) is 8.96. The molecule has 2 heterocycles. The molecule has 1 aromatic carbocycles. The average molecular weight is 357 g/mol. The van der Waals surface area contributed by atoms with Gasteiger partial charge < -0.3 is 14.7 Å². The van der Waals surface area contributed by atoms with E-state index in [2.05, 4.69) is 5.10 Å². The van der Waals surface area contributed by atoms with E-state index in [1.54, 1.807) is 6.92 Å². The van der Waals surface area contributed by atoms with Gasteiger partial charge in [-0.05, 0) is 31.4 Å². The molecule has 1 N–H and O–H groups in total. The van der Waals surface area contributed by atoms with Crippen LogP contribution in [0.4, 0.5) is 0 Å². The second-order valence-electron chi connectivity index (χ2n) is 6.77. The Hall–Kier alpha value is -2.18. The summed E-state index contributed by atoms with van der Waals surface area (Å²) in [6, 6.07) is 11.9. The molecule has 1 aliphatic rings. The summed E-state index contributed by atoms with van der Waals surface area (Å²) in [5, 5.41) is 14.1. The van der Waals surface area contributed by atoms with Gasteiger partial charge in [0, 0.05) is 26.1 Å². The van der Waals surface area contributed by atoms with Crippen molar-refractivity contribution in [2.24, 2.45) is 0 Å². The van der Waals surface area contributed by atoms with Crippen molar-refractivity contribution in [2.75, 3.05) is 13.2 Å². The third-order valence-electron chi connectivity index (χ3n) is 4.60. The monoisotopic (exact) mass is 357 g/mol. The number of aromatic nitrogens is 2. The van der Waals surface area contributed by atoms with E-state index in [0.717, 1.165) is 37.2 Å². The lowest BCUT2D eigenvalue weighted by molar-refractivity contribution is -0.132. The molecule has 0 bridgehead atoms. The van der Waals surface area contributed by atoms with Gasteiger partial charge in [0.25, 0.3) is 0 Å². The molecule has 0 saturated heterocycles. The summed E-state index contributed by atoms with van der Waals surface area (Å²) in [6.45, 7) is 4.96. The summed E-state index contributed by atoms with van der Waals surface area (Å²) in [5.41, 5.74) is 2.81. The van der Waals surface area contributed by atoms with Gasteiger partial charge >= 0.3 is 0 Å². The Labute approximate surface area is 154 Å². The summed E-state index contributed by atoms with van der Waals surface area (Å²) >= 11 is 0. The van der Waals surface area contributed by atoms with Gasteiger partial charge in [-0.2, -0.15) is 5.10 Å². The normalized spacial score (nSPS) is 15.4. The van der Waals surface area contributed by atoms with Crippen LogP contribution in [0.3, 0.4) is 0 Å². The quantitative estimate of drug-likeness (QED) is 0.774. The van der Waals surface area contributed by atoms with Gasteiger partial charge in [0.15, 0.2) is 0 Å². The molecule has 0 spiro atoms. The first-order valence-corrected chi connectivity index (χ1v) is 9.27. The molecule has 1 aromatic heterocycles. The Kier molecular flexibility index (Phi) is 6.41. The highest BCUT2D eigenvalue weighted by Gasteiger charge is 2.21. The van der Waals surface area contributed by atoms with Gasteiger partial charge in [0.05, 0.1) is 30.6 Å². The predicted molar refractivity (Wildman–Crippen MR) is 98.2 cm³/mol. The molecule has 1 amide bonds. The zero-order valence-corrected chi connectivity index (χ0v) is 15.3. The predicted octanol–water partition coefficient (Wildman–Crippen LogP) is 2.67. The third kappa shape index (κ3) is 4.93. The highest BCUT2D eigenvalue weighted by Crippen LogP contribution is 2.18. The molecule has 1 aliphatic heterocycles. The Morgan fingerprint density at radius 2 is 2.12 bits per heavy atom. The molecule has 0 radical (unpaired) electrons. The first kappa shape index (κ1) is 18.6. The minimum atomic E-state index is -0.583. The van der Waals surface area contributed by atoms with E-state index in [4.69, 9.17) is 4.74 Å². The molecule has 1 atom stereocenters. The maximum atomic E-state index is 12.5. The van der Waals surface area contributed by atoms with Crippen molar-refractivity contribution >= 4 is 5.91 Å². The SMILES string of the molecule is C[C@H](O)c1cc2n(n1)CCCN(C(=O)CCCOCc1ccccc1)C2. The van der Waals surface area contributed by atoms with E-state index < -0.39 is 6.10 Å². The number of amides is 1. The van der Waals surface area contributed by atoms with E-state index in [1.807, 2.05) is 46.0 Å². The second-order valence-corrected chi connectivity index (χ2v) is 6.77. The van der Waals surface area contributed by atoms with Crippen LogP contribution in [0.25, 0.3) is 0 Å². The van der Waals surface area contributed by atoms with Gasteiger partial charge in [-0.25, -0.2) is 0 Å². The minimum Gasteiger partial charge on any atom is -0.387 e. The van der Waals surface area contributed by atoms with E-state index in [-0.39, 0.29) is 5.91 Å². The van der Waals surface area contributed by atoms with Crippen LogP contribution in [-0.2, 0) is 29.2 Å². The van der Waals surface area contributed by atoms with Crippen molar-refractivity contribution in [3.8, 4) is 0 Å². The molecular weight excluding hydrogens is 330 g/mol. The van der Waals surface area contributed by atoms with Gasteiger partial charge in [-0.15, -0.1) is 0 Å². The zero-order chi connectivity index (χ0) is 18.4. The van der Waals surface area contributed by atoms with Crippen LogP contribution in [0.1, 0.15) is 49.2 Å². The molecule has 0 unspecified atom stereocenters. The first-order chi connectivity index (χ1) is 12.6. The van der Waals surface area contributed by atoms with Crippen LogP contribution >= 0.6 is 0 Å². The lowest BCUT2D eigenvalue weighted by Crippen LogP contribution is -2.30. The van der Waals surface area contributed by atoms with Crippen molar-refractivity contribution in [3.63, 3.8) is 0 Å². The summed E-state index contributed by atoms with van der Waals surface area (Å²) in [5.74, 6) is 0.154. The van der Waals surface area contributed by atoms with Crippen molar-refractivity contribution in [2.45, 2.75) is 52.0 Å². The number of benzene rings is 1. The molecule has 3 rings (SSSR count). The molecule has 2 aromatic rings. The standard InChI is InChI=1S/C20H27N3O3/c1-16(24)19-13-18-14-22(10-6-11-23(18)21-19)20(25)9-5-12-26-15-17-7-3-2-4-8-17/h2-4,7-8,13,16,24H,5-6,9-12,14-15H2,1H3/t16-/m0/s1. The average Bonchev–Trinajstić information content (AvgIpc) is 2.94. The van der Waals surface area contributed by atoms with E-state index in [1.165, 1.54) is 0 Å². The summed E-state index contributed by atoms with van der Waals surface area (Å²) in [7, 11) is 0. The number of fused-ring (bicyclic) bond motifs is 1. The van der Waals surface area contributed by atoms with Crippen LogP contribution in [0.5, 0.6) is 0 Å². The number of aliphatic hydroxyl groups excluding tert-OH is 1. The summed E-state index contributed by atoms with van der Waals surface area (Å²) in [6.07, 6.45) is 1.51. The number of aliphatic hydroxyl groups is 1. The smallest absolute Gasteiger partial charge is 0.223 e. The largest absolute Gasteiger partial charge is 0.387 e. The van der Waals surface area contributed by atoms with Crippen LogP contribution < -0.4 is 0 Å². The number of ether oxygens (including phenoxy) is 1. The lowest BCUT2D eigenvalue weighted by Gasteiger charge is -2.20. The Balaban J connectivity index is 1.44. The maximum Gasteiger partial charge on any atom is 0.223 e. The molecule has 0 aliphatic carbocycles. The summed E-state index contributed by atoms with van der Waals surface area (Å²) < 4.78 is 7.57. The topological polar surface area (TPSA) is 67.6 Å². The zero-order valence-electron chi connectivity index (χ0n) is 15.3. The fraction of sp³-hybridized carbons (Fsp3) is 0.500. The molecular formula is C20H27N3O3. The Morgan fingerprint density at radius 3 is 2.88 bits per heavy atom. The van der Waals surface area contributed by atoms with Crippen LogP contribution in [0, 0.1) is 0 Å². The molecule has 140 valence electrons. The number of carbonyl (C=O) groups excluding carboxylic acids is 1. The number of carbonyl (C=O) groups is 1. The number of hydrogen-bond acceptors (Lipinski definition) is 4. The highest BCUT2D eigenvalue weighted by atomic mass is 16.5. The van der Waals surface area contributed by atoms with Crippen molar-refractivity contribution in [1.82, 2.24) is 14.7 Å². The van der Waals surface area contributed by atoms with E-state index >= 15 is 0 Å². The minimum absolute atomic E-state index is 0.154. The highest BCUT2D eigenvalue weighted by molar-refractivity contribution is 5.76. The van der Waals surface area contributed by atoms with Crippen LogP contribution in [0.15, 0.2) is 36.4 Å². The molecule has 0 fully saturated rings. The number of aryl methyl sites for hydroxylation is 1. The third-order valence-corrected chi connectivity index (χ3v) is 4.60. The fourth-order valence-electron chi connectivity index (χ4n) is 3.15. The van der Waals surface area contributed by atoms with Gasteiger partial charge in [0.2, 0.25) is 5.91 Å². The van der Waals surface area contributed by atoms with Gasteiger partial charge in [-0.1, -0.05) is 30.3 Å². The summed E-state index contributed by atoms with van der Waals surface area (Å²) in [4.78, 5) is 14.4. The van der Waals surface area contributed by atoms with Gasteiger partial charge in [0.1, 0.15) is 0 Å². The van der Waals surface area contributed by atoms with Crippen molar-refractivity contribution < 1.29 is 14.6 Å². The van der Waals surface area contributed by atoms with E-state index in [0.29, 0.717) is 31.9 Å². The molecule has 0 saturated carbocycles. The maximum absolute atomic E-state index is 12.5. The number of hydrogen-bond donors (Lipinski definition) is 1. The van der Waals surface area contributed by atoms with E-state index in [9.17, 15) is 9.90 Å². The number of rotatable bonds is 7. The van der Waals surface area contributed by atoms with Gasteiger partial charge in [-0.3, -0.25) is 9.48 Å². The van der Waals surface area contributed by atoms with Crippen LogP contribution in [-0.4, -0.2) is 38.8 Å². The lowest BCUT2D eigenvalue weighted by atomic mass is 10.2. The van der Waals surface area contributed by atoms with Crippen molar-refractivity contribution in [3.05, 3.63) is 53.3 Å². The van der Waals surface area contributed by atoms with Crippen LogP contribution in [0.2, 0.25) is 0 Å². The van der Waals surface area contributed by atoms with Crippen molar-refractivity contribution in [1.29, 1.82) is 0 Å². The fourth-order valence-corrected chi connectivity index (χ4v) is 3.15.